The predicted octanol–water partition coefficient (Wildman–Crippen LogP) is 1.93. The van der Waals surface area contributed by atoms with E-state index in [4.69, 9.17) is 18.9 Å². The Bertz CT molecular complexity index is 1090. The molecule has 0 aliphatic carbocycles. The third-order valence-corrected chi connectivity index (χ3v) is 8.39. The minimum absolute atomic E-state index is 0.00245. The first-order chi connectivity index (χ1) is 17.4. The number of thiophene rings is 1. The molecule has 1 amide bonds. The minimum Gasteiger partial charge on any atom is -0.497 e. The second kappa shape index (κ2) is 13.7. The van der Waals surface area contributed by atoms with Gasteiger partial charge in [0.1, 0.15) is 5.75 Å². The van der Waals surface area contributed by atoms with Crippen molar-refractivity contribution in [1.29, 1.82) is 0 Å². The molecule has 12 heteroatoms. The first-order valence-electron chi connectivity index (χ1n) is 11.4. The molecule has 1 aromatic carbocycles. The van der Waals surface area contributed by atoms with E-state index in [1.54, 1.807) is 36.7 Å². The predicted molar refractivity (Wildman–Crippen MR) is 134 cm³/mol. The van der Waals surface area contributed by atoms with Gasteiger partial charge in [-0.3, -0.25) is 4.79 Å². The zero-order valence-corrected chi connectivity index (χ0v) is 21.9. The lowest BCUT2D eigenvalue weighted by molar-refractivity contribution is -0.146. The van der Waals surface area contributed by atoms with Crippen LogP contribution in [0.2, 0.25) is 0 Å². The van der Waals surface area contributed by atoms with E-state index in [-0.39, 0.29) is 48.8 Å². The van der Waals surface area contributed by atoms with E-state index in [9.17, 15) is 18.3 Å². The number of allylic oxidation sites excluding steroid dienone is 1. The number of benzene rings is 1. The smallest absolute Gasteiger partial charge is 0.286 e. The van der Waals surface area contributed by atoms with Crippen LogP contribution in [0.4, 0.5) is 0 Å². The number of hydrogen-bond acceptors (Lipinski definition) is 9. The molecule has 198 valence electrons. The van der Waals surface area contributed by atoms with E-state index >= 15 is 0 Å². The summed E-state index contributed by atoms with van der Waals surface area (Å²) in [7, 11) is -0.814. The lowest BCUT2D eigenvalue weighted by Gasteiger charge is -2.29. The van der Waals surface area contributed by atoms with Crippen LogP contribution >= 0.6 is 11.3 Å². The van der Waals surface area contributed by atoms with Crippen molar-refractivity contribution < 1.29 is 37.3 Å². The average molecular weight is 541 g/mol. The molecule has 2 heterocycles. The molecule has 0 fully saturated rings. The van der Waals surface area contributed by atoms with Crippen LogP contribution in [0, 0.1) is 0 Å². The standard InChI is InChI=1S/C24H32N2O8S2/c1-31-13-9-25-24(28)21-16-18(22-4-3-15-35-22)17-23(34-21)33-14-11-26(10-12-27)36(29,30)20-7-5-19(32-2)6-8-20/h3-8,15-16,18,23,27H,9-14,17H2,1-2H3,(H,25,28)/t18-,23+/m1/s1. The number of hydrogen-bond donors (Lipinski definition) is 2. The Morgan fingerprint density at radius 1 is 1.19 bits per heavy atom. The van der Waals surface area contributed by atoms with Crippen LogP contribution in [0.3, 0.4) is 0 Å². The van der Waals surface area contributed by atoms with E-state index in [1.165, 1.54) is 19.2 Å². The van der Waals surface area contributed by atoms with E-state index in [0.29, 0.717) is 25.3 Å². The summed E-state index contributed by atoms with van der Waals surface area (Å²) in [6.07, 6.45) is 1.51. The number of amides is 1. The molecular weight excluding hydrogens is 508 g/mol. The molecule has 0 spiro atoms. The Morgan fingerprint density at radius 3 is 2.61 bits per heavy atom. The van der Waals surface area contributed by atoms with Gasteiger partial charge in [-0.2, -0.15) is 4.31 Å². The topological polar surface area (TPSA) is 124 Å². The van der Waals surface area contributed by atoms with Crippen molar-refractivity contribution in [2.75, 3.05) is 53.7 Å². The second-order valence-corrected chi connectivity index (χ2v) is 10.8. The van der Waals surface area contributed by atoms with Gasteiger partial charge in [0.05, 0.1) is 31.8 Å². The van der Waals surface area contributed by atoms with Gasteiger partial charge in [-0.05, 0) is 41.8 Å². The number of ether oxygens (including phenoxy) is 4. The zero-order chi connectivity index (χ0) is 26.0. The molecule has 0 bridgehead atoms. The molecule has 36 heavy (non-hydrogen) atoms. The molecule has 10 nitrogen and oxygen atoms in total. The van der Waals surface area contributed by atoms with Crippen molar-refractivity contribution in [1.82, 2.24) is 9.62 Å². The van der Waals surface area contributed by atoms with Gasteiger partial charge in [-0.15, -0.1) is 11.3 Å². The maximum Gasteiger partial charge on any atom is 0.286 e. The van der Waals surface area contributed by atoms with Crippen molar-refractivity contribution in [2.45, 2.75) is 23.5 Å². The number of carbonyl (C=O) groups is 1. The maximum absolute atomic E-state index is 13.1. The fourth-order valence-corrected chi connectivity index (χ4v) is 5.84. The van der Waals surface area contributed by atoms with Gasteiger partial charge >= 0.3 is 0 Å². The highest BCUT2D eigenvalue weighted by atomic mass is 32.2. The normalized spacial score (nSPS) is 17.9. The number of carbonyl (C=O) groups excluding carboxylic acids is 1. The van der Waals surface area contributed by atoms with Crippen molar-refractivity contribution in [2.24, 2.45) is 0 Å². The molecule has 1 aliphatic rings. The summed E-state index contributed by atoms with van der Waals surface area (Å²) in [6, 6.07) is 9.95. The molecule has 3 rings (SSSR count). The molecule has 1 aromatic heterocycles. The average Bonchev–Trinajstić information content (AvgIpc) is 3.43. The summed E-state index contributed by atoms with van der Waals surface area (Å²) in [5.74, 6) is 0.240. The monoisotopic (exact) mass is 540 g/mol. The summed E-state index contributed by atoms with van der Waals surface area (Å²) < 4.78 is 49.1. The lowest BCUT2D eigenvalue weighted by atomic mass is 9.99. The number of sulfonamides is 1. The van der Waals surface area contributed by atoms with E-state index < -0.39 is 16.3 Å². The Balaban J connectivity index is 1.66. The highest BCUT2D eigenvalue weighted by molar-refractivity contribution is 7.89. The molecule has 0 saturated carbocycles. The van der Waals surface area contributed by atoms with Gasteiger partial charge < -0.3 is 29.4 Å². The summed E-state index contributed by atoms with van der Waals surface area (Å²) in [5.41, 5.74) is 0. The van der Waals surface area contributed by atoms with Gasteiger partial charge in [0.2, 0.25) is 16.3 Å². The second-order valence-electron chi connectivity index (χ2n) is 7.86. The van der Waals surface area contributed by atoms with Crippen LogP contribution in [0.25, 0.3) is 0 Å². The third kappa shape index (κ3) is 7.51. The molecule has 0 radical (unpaired) electrons. The highest BCUT2D eigenvalue weighted by Gasteiger charge is 2.30. The van der Waals surface area contributed by atoms with Crippen LogP contribution in [0.15, 0.2) is 58.5 Å². The summed E-state index contributed by atoms with van der Waals surface area (Å²) in [5, 5.41) is 14.2. The van der Waals surface area contributed by atoms with Gasteiger partial charge in [-0.1, -0.05) is 6.07 Å². The zero-order valence-electron chi connectivity index (χ0n) is 20.3. The lowest BCUT2D eigenvalue weighted by Crippen LogP contribution is -2.38. The Morgan fingerprint density at radius 2 is 1.97 bits per heavy atom. The van der Waals surface area contributed by atoms with Gasteiger partial charge in [0.15, 0.2) is 5.76 Å². The largest absolute Gasteiger partial charge is 0.497 e. The fraction of sp³-hybridized carbons (Fsp3) is 0.458. The van der Waals surface area contributed by atoms with Crippen molar-refractivity contribution in [3.05, 3.63) is 58.5 Å². The SMILES string of the molecule is COCCNC(=O)C1=C[C@@H](c2cccs2)C[C@@H](OCCN(CCO)S(=O)(=O)c2ccc(OC)cc2)O1. The Hall–Kier alpha value is -2.48. The van der Waals surface area contributed by atoms with Crippen LogP contribution in [0.5, 0.6) is 5.75 Å². The Kier molecular flexibility index (Phi) is 10.7. The molecule has 2 atom stereocenters. The first-order valence-corrected chi connectivity index (χ1v) is 13.8. The molecular formula is C24H32N2O8S2. The van der Waals surface area contributed by atoms with Crippen molar-refractivity contribution in [3.63, 3.8) is 0 Å². The third-order valence-electron chi connectivity index (χ3n) is 5.47. The summed E-state index contributed by atoms with van der Waals surface area (Å²) in [6.45, 7) is 0.285. The summed E-state index contributed by atoms with van der Waals surface area (Å²) >= 11 is 1.57. The van der Waals surface area contributed by atoms with Crippen molar-refractivity contribution >= 4 is 27.3 Å². The molecule has 1 aliphatic heterocycles. The number of rotatable bonds is 14. The quantitative estimate of drug-likeness (QED) is 0.349. The fourth-order valence-electron chi connectivity index (χ4n) is 3.62. The van der Waals surface area contributed by atoms with Gasteiger partial charge in [0, 0.05) is 44.0 Å². The number of nitrogens with zero attached hydrogens (tertiary/aromatic N) is 1. The molecule has 2 N–H and O–H groups in total. The minimum atomic E-state index is -3.86. The van der Waals surface area contributed by atoms with Crippen LogP contribution in [-0.2, 0) is 29.0 Å². The van der Waals surface area contributed by atoms with E-state index in [2.05, 4.69) is 5.32 Å². The molecule has 0 unspecified atom stereocenters. The number of aliphatic hydroxyl groups excluding tert-OH is 1. The van der Waals surface area contributed by atoms with Gasteiger partial charge in [0.25, 0.3) is 5.91 Å². The highest BCUT2D eigenvalue weighted by Crippen LogP contribution is 2.33. The van der Waals surface area contributed by atoms with Crippen LogP contribution in [-0.4, -0.2) is 83.7 Å². The van der Waals surface area contributed by atoms with Crippen LogP contribution in [0.1, 0.15) is 17.2 Å². The molecule has 0 saturated heterocycles. The van der Waals surface area contributed by atoms with Gasteiger partial charge in [-0.25, -0.2) is 8.42 Å². The van der Waals surface area contributed by atoms with E-state index in [1.807, 2.05) is 17.5 Å². The van der Waals surface area contributed by atoms with E-state index in [0.717, 1.165) is 9.18 Å². The molecule has 2 aromatic rings. The van der Waals surface area contributed by atoms with Crippen LogP contribution < -0.4 is 10.1 Å². The number of methoxy groups -OCH3 is 2. The first kappa shape index (κ1) is 28.1. The Labute approximate surface area is 215 Å². The number of nitrogens with one attached hydrogen (secondary N) is 1. The van der Waals surface area contributed by atoms with Crippen molar-refractivity contribution in [3.8, 4) is 5.75 Å². The number of aliphatic hydroxyl groups is 1. The summed E-state index contributed by atoms with van der Waals surface area (Å²) in [4.78, 5) is 13.8. The maximum atomic E-state index is 13.1.